The minimum Gasteiger partial charge on any atom is -0.494 e. The van der Waals surface area contributed by atoms with Crippen LogP contribution in [0.5, 0.6) is 5.75 Å². The lowest BCUT2D eigenvalue weighted by Gasteiger charge is -2.22. The van der Waals surface area contributed by atoms with E-state index in [-0.39, 0.29) is 35.5 Å². The Labute approximate surface area is 168 Å². The van der Waals surface area contributed by atoms with Crippen LogP contribution in [0, 0.1) is 5.82 Å². The zero-order valence-corrected chi connectivity index (χ0v) is 16.2. The fraction of sp³-hybridized carbons (Fsp3) is 0.312. The number of aromatic nitrogens is 2. The average Bonchev–Trinajstić information content (AvgIpc) is 2.70. The summed E-state index contributed by atoms with van der Waals surface area (Å²) in [7, 11) is 3.97. The molecule has 1 aromatic heterocycles. The van der Waals surface area contributed by atoms with E-state index in [4.69, 9.17) is 21.2 Å². The van der Waals surface area contributed by atoms with Crippen molar-refractivity contribution in [3.05, 3.63) is 29.7 Å². The molecule has 0 aliphatic rings. The van der Waals surface area contributed by atoms with Gasteiger partial charge in [0.25, 0.3) is 0 Å². The number of benzene rings is 1. The Morgan fingerprint density at radius 1 is 1.30 bits per heavy atom. The van der Waals surface area contributed by atoms with Gasteiger partial charge in [0.2, 0.25) is 5.95 Å². The van der Waals surface area contributed by atoms with Crippen molar-refractivity contribution in [1.29, 1.82) is 0 Å². The summed E-state index contributed by atoms with van der Waals surface area (Å²) in [4.78, 5) is 7.39. The molecule has 2 rings (SSSR count). The average molecular weight is 432 g/mol. The van der Waals surface area contributed by atoms with Crippen LogP contribution in [0.1, 0.15) is 5.56 Å². The van der Waals surface area contributed by atoms with Crippen molar-refractivity contribution in [2.75, 3.05) is 43.5 Å². The maximum absolute atomic E-state index is 14.7. The zero-order valence-electron chi connectivity index (χ0n) is 16.2. The SMILES string of the molecule is CNc1nc(Nc2cc(F)c(N(N)/C(COC)=N\N)cc2OC)ncc1C(F)(F)F. The summed E-state index contributed by atoms with van der Waals surface area (Å²) in [5.74, 6) is 9.74. The summed E-state index contributed by atoms with van der Waals surface area (Å²) in [5, 5.41) is 9.28. The molecule has 0 unspecified atom stereocenters. The first-order valence-corrected chi connectivity index (χ1v) is 8.23. The fourth-order valence-corrected chi connectivity index (χ4v) is 2.39. The molecule has 0 aliphatic carbocycles. The highest BCUT2D eigenvalue weighted by Crippen LogP contribution is 2.36. The van der Waals surface area contributed by atoms with Crippen LogP contribution in [0.2, 0.25) is 0 Å². The van der Waals surface area contributed by atoms with Gasteiger partial charge in [-0.1, -0.05) is 0 Å². The van der Waals surface area contributed by atoms with Gasteiger partial charge in [-0.2, -0.15) is 23.3 Å². The molecule has 0 saturated carbocycles. The van der Waals surface area contributed by atoms with Gasteiger partial charge in [-0.15, -0.1) is 0 Å². The molecule has 1 heterocycles. The van der Waals surface area contributed by atoms with E-state index < -0.39 is 23.4 Å². The third-order valence-corrected chi connectivity index (χ3v) is 3.81. The lowest BCUT2D eigenvalue weighted by molar-refractivity contribution is -0.137. The number of hydrazine groups is 1. The number of hydrazone groups is 1. The van der Waals surface area contributed by atoms with E-state index in [1.165, 1.54) is 27.3 Å². The number of anilines is 4. The Kier molecular flexibility index (Phi) is 7.18. The van der Waals surface area contributed by atoms with Gasteiger partial charge in [-0.3, -0.25) is 5.01 Å². The van der Waals surface area contributed by atoms with Crippen LogP contribution >= 0.6 is 0 Å². The van der Waals surface area contributed by atoms with Crippen LogP contribution in [-0.2, 0) is 10.9 Å². The molecule has 0 radical (unpaired) electrons. The van der Waals surface area contributed by atoms with Crippen LogP contribution in [0.15, 0.2) is 23.4 Å². The molecule has 0 saturated heterocycles. The Morgan fingerprint density at radius 3 is 2.53 bits per heavy atom. The van der Waals surface area contributed by atoms with Crippen LogP contribution in [0.3, 0.4) is 0 Å². The van der Waals surface area contributed by atoms with Crippen molar-refractivity contribution in [2.45, 2.75) is 6.18 Å². The van der Waals surface area contributed by atoms with E-state index in [0.717, 1.165) is 11.1 Å². The quantitative estimate of drug-likeness (QED) is 0.170. The second-order valence-electron chi connectivity index (χ2n) is 5.68. The van der Waals surface area contributed by atoms with E-state index in [1.54, 1.807) is 0 Å². The fourth-order valence-electron chi connectivity index (χ4n) is 2.39. The first kappa shape index (κ1) is 22.9. The molecular weight excluding hydrogens is 412 g/mol. The van der Waals surface area contributed by atoms with Crippen molar-refractivity contribution < 1.29 is 27.0 Å². The van der Waals surface area contributed by atoms with Crippen LogP contribution in [-0.4, -0.2) is 43.7 Å². The van der Waals surface area contributed by atoms with Gasteiger partial charge in [0.1, 0.15) is 23.7 Å². The van der Waals surface area contributed by atoms with Crippen LogP contribution in [0.25, 0.3) is 0 Å². The highest BCUT2D eigenvalue weighted by molar-refractivity contribution is 5.98. The Morgan fingerprint density at radius 2 is 2.00 bits per heavy atom. The summed E-state index contributed by atoms with van der Waals surface area (Å²) < 4.78 is 63.7. The van der Waals surface area contributed by atoms with Gasteiger partial charge in [0, 0.05) is 32.5 Å². The van der Waals surface area contributed by atoms with Crippen molar-refractivity contribution >= 4 is 29.0 Å². The van der Waals surface area contributed by atoms with Crippen molar-refractivity contribution in [3.63, 3.8) is 0 Å². The molecule has 1 aromatic carbocycles. The molecule has 2 aromatic rings. The summed E-state index contributed by atoms with van der Waals surface area (Å²) in [6.07, 6.45) is -4.04. The Hall–Kier alpha value is -3.39. The number of amidine groups is 1. The molecule has 30 heavy (non-hydrogen) atoms. The number of nitrogens with two attached hydrogens (primary N) is 2. The predicted molar refractivity (Wildman–Crippen MR) is 103 cm³/mol. The lowest BCUT2D eigenvalue weighted by Crippen LogP contribution is -2.41. The first-order valence-electron chi connectivity index (χ1n) is 8.23. The predicted octanol–water partition coefficient (Wildman–Crippen LogP) is 2.03. The third kappa shape index (κ3) is 4.96. The summed E-state index contributed by atoms with van der Waals surface area (Å²) in [6.45, 7) is -0.0824. The summed E-state index contributed by atoms with van der Waals surface area (Å²) in [5.41, 5.74) is -1.13. The first-order chi connectivity index (χ1) is 14.2. The second kappa shape index (κ2) is 9.41. The number of halogens is 4. The molecule has 0 atom stereocenters. The number of alkyl halides is 3. The van der Waals surface area contributed by atoms with E-state index in [2.05, 4.69) is 25.7 Å². The molecule has 0 fully saturated rings. The minimum absolute atomic E-state index is 0.0314. The third-order valence-electron chi connectivity index (χ3n) is 3.81. The maximum atomic E-state index is 14.7. The van der Waals surface area contributed by atoms with E-state index in [9.17, 15) is 17.6 Å². The monoisotopic (exact) mass is 432 g/mol. The van der Waals surface area contributed by atoms with Gasteiger partial charge in [-0.25, -0.2) is 15.2 Å². The highest BCUT2D eigenvalue weighted by atomic mass is 19.4. The Balaban J connectivity index is 2.41. The molecule has 164 valence electrons. The molecule has 14 heteroatoms. The highest BCUT2D eigenvalue weighted by Gasteiger charge is 2.35. The molecular formula is C16H20F4N8O2. The number of ether oxygens (including phenoxy) is 2. The van der Waals surface area contributed by atoms with Gasteiger partial charge >= 0.3 is 6.18 Å². The molecule has 0 amide bonds. The van der Waals surface area contributed by atoms with E-state index in [1.807, 2.05) is 0 Å². The number of rotatable bonds is 7. The van der Waals surface area contributed by atoms with Crippen molar-refractivity contribution in [3.8, 4) is 5.75 Å². The molecule has 6 N–H and O–H groups in total. The van der Waals surface area contributed by atoms with Gasteiger partial charge in [0.15, 0.2) is 11.7 Å². The number of hydrogen-bond acceptors (Lipinski definition) is 9. The van der Waals surface area contributed by atoms with E-state index >= 15 is 0 Å². The summed E-state index contributed by atoms with van der Waals surface area (Å²) in [6, 6.07) is 2.25. The second-order valence-corrected chi connectivity index (χ2v) is 5.68. The topological polar surface area (TPSA) is 136 Å². The van der Waals surface area contributed by atoms with Crippen LogP contribution < -0.4 is 32.1 Å². The number of methoxy groups -OCH3 is 2. The van der Waals surface area contributed by atoms with Crippen molar-refractivity contribution in [2.24, 2.45) is 16.8 Å². The Bertz CT molecular complexity index is 923. The molecule has 0 spiro atoms. The van der Waals surface area contributed by atoms with Crippen molar-refractivity contribution in [1.82, 2.24) is 9.97 Å². The number of hydrogen-bond donors (Lipinski definition) is 4. The molecule has 0 aliphatic heterocycles. The minimum atomic E-state index is -4.64. The van der Waals surface area contributed by atoms with Gasteiger partial charge in [-0.05, 0) is 0 Å². The number of nitrogens with one attached hydrogen (secondary N) is 2. The van der Waals surface area contributed by atoms with Gasteiger partial charge < -0.3 is 25.9 Å². The normalized spacial score (nSPS) is 11.9. The number of nitrogens with zero attached hydrogens (tertiary/aromatic N) is 4. The smallest absolute Gasteiger partial charge is 0.421 e. The van der Waals surface area contributed by atoms with E-state index in [0.29, 0.717) is 6.20 Å². The van der Waals surface area contributed by atoms with Gasteiger partial charge in [0.05, 0.1) is 18.5 Å². The lowest BCUT2D eigenvalue weighted by atomic mass is 10.2. The molecule has 0 bridgehead atoms. The maximum Gasteiger partial charge on any atom is 0.421 e. The standard InChI is InChI=1S/C16H20F4N8O2/c1-23-14-8(16(18,19)20)6-24-15(26-14)25-10-4-9(17)11(5-12(10)30-3)28(22)13(27-21)7-29-2/h4-6H,7,21-22H2,1-3H3,(H2,23,24,25,26)/b27-13-. The zero-order chi connectivity index (χ0) is 22.5. The summed E-state index contributed by atoms with van der Waals surface area (Å²) >= 11 is 0. The van der Waals surface area contributed by atoms with Crippen LogP contribution in [0.4, 0.5) is 40.7 Å². The largest absolute Gasteiger partial charge is 0.494 e. The molecule has 10 nitrogen and oxygen atoms in total.